The quantitative estimate of drug-likeness (QED) is 0.282. The lowest BCUT2D eigenvalue weighted by molar-refractivity contribution is 0.807. The zero-order chi connectivity index (χ0) is 28.3. The van der Waals surface area contributed by atoms with Crippen LogP contribution in [0.1, 0.15) is 152 Å². The fourth-order valence-electron chi connectivity index (χ4n) is 5.17. The fourth-order valence-corrected chi connectivity index (χ4v) is 5.17. The standard InChI is InChI=1S/C36H52N2/c1-21(2)27-17-29(23(5)6)35(30(18-27)24(7)8)37-33-15-13-14-16-34(33)38-36-31(25(9)10)19-28(22(3)4)20-32(36)26(11)12/h13-26,37-38H,1-12H3. The van der Waals surface area contributed by atoms with E-state index in [0.29, 0.717) is 35.5 Å². The summed E-state index contributed by atoms with van der Waals surface area (Å²) in [5.74, 6) is 2.72. The van der Waals surface area contributed by atoms with Crippen molar-refractivity contribution in [3.63, 3.8) is 0 Å². The second-order valence-electron chi connectivity index (χ2n) is 12.9. The molecule has 0 atom stereocenters. The second kappa shape index (κ2) is 12.4. The molecule has 3 aromatic carbocycles. The van der Waals surface area contributed by atoms with Gasteiger partial charge in [0.05, 0.1) is 11.4 Å². The molecule has 2 nitrogen and oxygen atoms in total. The summed E-state index contributed by atoms with van der Waals surface area (Å²) in [6.45, 7) is 27.6. The van der Waals surface area contributed by atoms with Gasteiger partial charge in [0, 0.05) is 11.4 Å². The highest BCUT2D eigenvalue weighted by Gasteiger charge is 2.21. The molecule has 0 saturated heterocycles. The normalized spacial score (nSPS) is 12.1. The Morgan fingerprint density at radius 3 is 0.868 bits per heavy atom. The first-order chi connectivity index (χ1) is 17.8. The molecule has 0 aliphatic carbocycles. The number of hydrogen-bond donors (Lipinski definition) is 2. The molecule has 0 aliphatic heterocycles. The van der Waals surface area contributed by atoms with Gasteiger partial charge in [0.25, 0.3) is 0 Å². The molecule has 206 valence electrons. The van der Waals surface area contributed by atoms with Crippen molar-refractivity contribution < 1.29 is 0 Å². The van der Waals surface area contributed by atoms with Gasteiger partial charge in [-0.1, -0.05) is 119 Å². The van der Waals surface area contributed by atoms with Gasteiger partial charge in [-0.25, -0.2) is 0 Å². The summed E-state index contributed by atoms with van der Waals surface area (Å²) in [5.41, 5.74) is 13.2. The maximum absolute atomic E-state index is 3.92. The van der Waals surface area contributed by atoms with E-state index in [2.05, 4.69) is 142 Å². The van der Waals surface area contributed by atoms with Crippen LogP contribution in [0.15, 0.2) is 48.5 Å². The maximum Gasteiger partial charge on any atom is 0.0623 e. The lowest BCUT2D eigenvalue weighted by Crippen LogP contribution is -2.09. The summed E-state index contributed by atoms with van der Waals surface area (Å²) in [7, 11) is 0. The van der Waals surface area contributed by atoms with Crippen LogP contribution >= 0.6 is 0 Å². The largest absolute Gasteiger partial charge is 0.353 e. The van der Waals surface area contributed by atoms with Gasteiger partial charge in [0.2, 0.25) is 0 Å². The van der Waals surface area contributed by atoms with E-state index in [-0.39, 0.29) is 0 Å². The number of rotatable bonds is 10. The van der Waals surface area contributed by atoms with Gasteiger partial charge in [-0.15, -0.1) is 0 Å². The molecule has 2 N–H and O–H groups in total. The Hall–Kier alpha value is -2.74. The van der Waals surface area contributed by atoms with Crippen molar-refractivity contribution in [3.05, 3.63) is 81.9 Å². The molecule has 0 fully saturated rings. The smallest absolute Gasteiger partial charge is 0.0623 e. The van der Waals surface area contributed by atoms with Gasteiger partial charge in [-0.05, 0) is 81.0 Å². The SMILES string of the molecule is CC(C)c1cc(C(C)C)c(Nc2ccccc2Nc2c(C(C)C)cc(C(C)C)cc2C(C)C)c(C(C)C)c1. The van der Waals surface area contributed by atoms with Crippen LogP contribution in [-0.4, -0.2) is 0 Å². The van der Waals surface area contributed by atoms with Crippen LogP contribution in [0, 0.1) is 0 Å². The zero-order valence-electron chi connectivity index (χ0n) is 26.1. The summed E-state index contributed by atoms with van der Waals surface area (Å²) < 4.78 is 0. The number of para-hydroxylation sites is 2. The molecule has 38 heavy (non-hydrogen) atoms. The molecule has 3 rings (SSSR count). The Labute approximate surface area is 233 Å². The Balaban J connectivity index is 2.17. The number of anilines is 4. The van der Waals surface area contributed by atoms with Gasteiger partial charge in [-0.3, -0.25) is 0 Å². The summed E-state index contributed by atoms with van der Waals surface area (Å²) >= 11 is 0. The van der Waals surface area contributed by atoms with Crippen molar-refractivity contribution in [2.45, 2.75) is 119 Å². The average molecular weight is 513 g/mol. The van der Waals surface area contributed by atoms with E-state index in [1.54, 1.807) is 0 Å². The fraction of sp³-hybridized carbons (Fsp3) is 0.500. The summed E-state index contributed by atoms with van der Waals surface area (Å²) in [6.07, 6.45) is 0. The van der Waals surface area contributed by atoms with Crippen LogP contribution in [-0.2, 0) is 0 Å². The van der Waals surface area contributed by atoms with Gasteiger partial charge >= 0.3 is 0 Å². The topological polar surface area (TPSA) is 24.1 Å². The highest BCUT2D eigenvalue weighted by molar-refractivity contribution is 5.82. The highest BCUT2D eigenvalue weighted by Crippen LogP contribution is 2.42. The van der Waals surface area contributed by atoms with E-state index >= 15 is 0 Å². The van der Waals surface area contributed by atoms with Crippen molar-refractivity contribution in [2.24, 2.45) is 0 Å². The first kappa shape index (κ1) is 29.8. The zero-order valence-corrected chi connectivity index (χ0v) is 26.1. The van der Waals surface area contributed by atoms with E-state index in [1.807, 2.05) is 0 Å². The minimum Gasteiger partial charge on any atom is -0.353 e. The molecular formula is C36H52N2. The molecular weight excluding hydrogens is 460 g/mol. The molecule has 0 bridgehead atoms. The molecule has 2 heteroatoms. The second-order valence-corrected chi connectivity index (χ2v) is 12.9. The van der Waals surface area contributed by atoms with Crippen LogP contribution in [0.2, 0.25) is 0 Å². The van der Waals surface area contributed by atoms with E-state index in [0.717, 1.165) is 11.4 Å². The van der Waals surface area contributed by atoms with E-state index in [9.17, 15) is 0 Å². The Bertz CT molecular complexity index is 1070. The van der Waals surface area contributed by atoms with Crippen LogP contribution < -0.4 is 10.6 Å². The third-order valence-electron chi connectivity index (χ3n) is 7.71. The van der Waals surface area contributed by atoms with Crippen LogP contribution in [0.25, 0.3) is 0 Å². The van der Waals surface area contributed by atoms with Crippen LogP contribution in [0.4, 0.5) is 22.7 Å². The molecule has 0 spiro atoms. The lowest BCUT2D eigenvalue weighted by Gasteiger charge is -2.27. The van der Waals surface area contributed by atoms with Gasteiger partial charge in [-0.2, -0.15) is 0 Å². The van der Waals surface area contributed by atoms with Crippen molar-refractivity contribution in [1.29, 1.82) is 0 Å². The Kier molecular flexibility index (Phi) is 9.74. The average Bonchev–Trinajstić information content (AvgIpc) is 2.84. The Morgan fingerprint density at radius 2 is 0.658 bits per heavy atom. The summed E-state index contributed by atoms with van der Waals surface area (Å²) in [4.78, 5) is 0. The highest BCUT2D eigenvalue weighted by atomic mass is 15.0. The third-order valence-corrected chi connectivity index (χ3v) is 7.71. The molecule has 0 aromatic heterocycles. The first-order valence-electron chi connectivity index (χ1n) is 14.8. The monoisotopic (exact) mass is 512 g/mol. The minimum atomic E-state index is 0.428. The van der Waals surface area contributed by atoms with Crippen LogP contribution in [0.3, 0.4) is 0 Å². The van der Waals surface area contributed by atoms with Crippen molar-refractivity contribution in [1.82, 2.24) is 0 Å². The third kappa shape index (κ3) is 6.63. The molecule has 0 radical (unpaired) electrons. The molecule has 0 amide bonds. The van der Waals surface area contributed by atoms with Crippen molar-refractivity contribution in [3.8, 4) is 0 Å². The first-order valence-corrected chi connectivity index (χ1v) is 14.8. The molecule has 3 aromatic rings. The summed E-state index contributed by atoms with van der Waals surface area (Å²) in [5, 5.41) is 7.85. The van der Waals surface area contributed by atoms with Gasteiger partial charge in [0.15, 0.2) is 0 Å². The summed E-state index contributed by atoms with van der Waals surface area (Å²) in [6, 6.07) is 18.3. The van der Waals surface area contributed by atoms with Crippen LogP contribution in [0.5, 0.6) is 0 Å². The lowest BCUT2D eigenvalue weighted by atomic mass is 9.87. The van der Waals surface area contributed by atoms with Crippen molar-refractivity contribution >= 4 is 22.7 Å². The predicted molar refractivity (Wildman–Crippen MR) is 170 cm³/mol. The van der Waals surface area contributed by atoms with Gasteiger partial charge < -0.3 is 10.6 Å². The minimum absolute atomic E-state index is 0.428. The maximum atomic E-state index is 3.92. The molecule has 0 saturated carbocycles. The Morgan fingerprint density at radius 1 is 0.395 bits per heavy atom. The van der Waals surface area contributed by atoms with E-state index in [4.69, 9.17) is 0 Å². The number of benzene rings is 3. The predicted octanol–water partition coefficient (Wildman–Crippen LogP) is 11.9. The molecule has 0 unspecified atom stereocenters. The number of hydrogen-bond acceptors (Lipinski definition) is 2. The van der Waals surface area contributed by atoms with E-state index < -0.39 is 0 Å². The van der Waals surface area contributed by atoms with E-state index in [1.165, 1.54) is 44.8 Å². The number of nitrogens with one attached hydrogen (secondary N) is 2. The van der Waals surface area contributed by atoms with Gasteiger partial charge in [0.1, 0.15) is 0 Å². The van der Waals surface area contributed by atoms with Crippen molar-refractivity contribution in [2.75, 3.05) is 10.6 Å². The molecule has 0 aliphatic rings. The molecule has 0 heterocycles.